The number of hydrogen-bond donors (Lipinski definition) is 1. The molecule has 0 radical (unpaired) electrons. The third-order valence-electron chi connectivity index (χ3n) is 5.88. The van der Waals surface area contributed by atoms with Gasteiger partial charge in [0.15, 0.2) is 0 Å². The molecule has 2 aromatic carbocycles. The highest BCUT2D eigenvalue weighted by molar-refractivity contribution is 5.92. The topological polar surface area (TPSA) is 63.1 Å². The average molecular weight is 460 g/mol. The number of aromatic nitrogens is 3. The normalized spacial score (nSPS) is 13.5. The summed E-state index contributed by atoms with van der Waals surface area (Å²) < 4.78 is 28.7. The lowest BCUT2D eigenvalue weighted by Gasteiger charge is -2.24. The Morgan fingerprint density at radius 2 is 1.68 bits per heavy atom. The molecule has 1 N–H and O–H groups in total. The summed E-state index contributed by atoms with van der Waals surface area (Å²) in [5, 5.41) is 7.68. The van der Waals surface area contributed by atoms with Crippen molar-refractivity contribution >= 4 is 11.7 Å². The van der Waals surface area contributed by atoms with Crippen molar-refractivity contribution in [3.8, 4) is 22.4 Å². The van der Waals surface area contributed by atoms with E-state index in [1.807, 2.05) is 16.8 Å². The number of fused-ring (bicyclic) bond motifs is 1. The van der Waals surface area contributed by atoms with Crippen molar-refractivity contribution in [2.24, 2.45) is 0 Å². The van der Waals surface area contributed by atoms with Crippen LogP contribution in [-0.4, -0.2) is 39.2 Å². The molecule has 5 rings (SSSR count). The van der Waals surface area contributed by atoms with Gasteiger partial charge in [-0.1, -0.05) is 12.1 Å². The van der Waals surface area contributed by atoms with Gasteiger partial charge in [0, 0.05) is 30.4 Å². The van der Waals surface area contributed by atoms with Crippen LogP contribution in [-0.2, 0) is 24.3 Å². The number of amides is 1. The van der Waals surface area contributed by atoms with Crippen LogP contribution in [0, 0.1) is 11.6 Å². The van der Waals surface area contributed by atoms with Gasteiger partial charge in [0.1, 0.15) is 23.1 Å². The summed E-state index contributed by atoms with van der Waals surface area (Å²) in [6.45, 7) is 2.36. The molecule has 34 heavy (non-hydrogen) atoms. The Bertz CT molecular complexity index is 1330. The van der Waals surface area contributed by atoms with E-state index < -0.39 is 0 Å². The van der Waals surface area contributed by atoms with Gasteiger partial charge in [-0.3, -0.25) is 14.4 Å². The van der Waals surface area contributed by atoms with Gasteiger partial charge >= 0.3 is 0 Å². The number of hydrogen-bond acceptors (Lipinski definition) is 4. The molecule has 0 bridgehead atoms. The molecule has 0 fully saturated rings. The van der Waals surface area contributed by atoms with Crippen molar-refractivity contribution in [1.29, 1.82) is 0 Å². The minimum absolute atomic E-state index is 0.112. The molecular weight excluding hydrogens is 436 g/mol. The van der Waals surface area contributed by atoms with Crippen molar-refractivity contribution in [3.05, 3.63) is 89.8 Å². The summed E-state index contributed by atoms with van der Waals surface area (Å²) in [6.07, 6.45) is 1.76. The van der Waals surface area contributed by atoms with Gasteiger partial charge in [-0.2, -0.15) is 5.10 Å². The quantitative estimate of drug-likeness (QED) is 0.477. The first-order chi connectivity index (χ1) is 16.5. The standard InChI is InChI=1S/C26H23F2N5O/c1-32-12-13-33-22(16-32)25(26(31-33)18-4-8-21(28)9-5-18)19-10-11-29-23(15-19)30-24(34)14-17-2-6-20(27)7-3-17/h2-11,15H,12-14,16H2,1H3,(H,29,30,34). The fraction of sp³-hybridized carbons (Fsp3) is 0.192. The first-order valence-electron chi connectivity index (χ1n) is 11.0. The van der Waals surface area contributed by atoms with E-state index in [-0.39, 0.29) is 24.0 Å². The Morgan fingerprint density at radius 1 is 0.971 bits per heavy atom. The Labute approximate surface area is 195 Å². The molecule has 0 spiro atoms. The van der Waals surface area contributed by atoms with Crippen molar-refractivity contribution in [2.75, 3.05) is 18.9 Å². The molecule has 2 aromatic heterocycles. The molecule has 0 atom stereocenters. The van der Waals surface area contributed by atoms with Crippen LogP contribution in [0.15, 0.2) is 66.9 Å². The van der Waals surface area contributed by atoms with E-state index in [0.717, 1.165) is 47.7 Å². The summed E-state index contributed by atoms with van der Waals surface area (Å²) in [7, 11) is 2.06. The van der Waals surface area contributed by atoms with Crippen LogP contribution in [0.4, 0.5) is 14.6 Å². The van der Waals surface area contributed by atoms with E-state index in [0.29, 0.717) is 11.4 Å². The highest BCUT2D eigenvalue weighted by Gasteiger charge is 2.25. The summed E-state index contributed by atoms with van der Waals surface area (Å²) in [5.74, 6) is -0.472. The minimum Gasteiger partial charge on any atom is -0.310 e. The number of carbonyl (C=O) groups excluding carboxylic acids is 1. The lowest BCUT2D eigenvalue weighted by Crippen LogP contribution is -2.30. The number of carbonyl (C=O) groups is 1. The molecule has 0 aliphatic carbocycles. The SMILES string of the molecule is CN1CCn2nc(-c3ccc(F)cc3)c(-c3ccnc(NC(=O)Cc4ccc(F)cc4)c3)c2C1. The molecule has 0 saturated carbocycles. The monoisotopic (exact) mass is 459 g/mol. The number of anilines is 1. The smallest absolute Gasteiger partial charge is 0.229 e. The van der Waals surface area contributed by atoms with Gasteiger partial charge in [-0.05, 0) is 66.7 Å². The van der Waals surface area contributed by atoms with E-state index in [9.17, 15) is 13.6 Å². The first-order valence-corrected chi connectivity index (χ1v) is 11.0. The number of rotatable bonds is 5. The van der Waals surface area contributed by atoms with Crippen LogP contribution in [0.2, 0.25) is 0 Å². The molecule has 0 unspecified atom stereocenters. The zero-order valence-electron chi connectivity index (χ0n) is 18.6. The molecule has 1 aliphatic heterocycles. The van der Waals surface area contributed by atoms with E-state index in [1.165, 1.54) is 24.3 Å². The van der Waals surface area contributed by atoms with Crippen molar-refractivity contribution in [3.63, 3.8) is 0 Å². The zero-order chi connectivity index (χ0) is 23.7. The highest BCUT2D eigenvalue weighted by atomic mass is 19.1. The van der Waals surface area contributed by atoms with Crippen LogP contribution in [0.25, 0.3) is 22.4 Å². The second-order valence-corrected chi connectivity index (χ2v) is 8.42. The van der Waals surface area contributed by atoms with Gasteiger partial charge in [0.05, 0.1) is 18.7 Å². The van der Waals surface area contributed by atoms with Crippen LogP contribution >= 0.6 is 0 Å². The maximum atomic E-state index is 13.6. The number of likely N-dealkylation sites (N-methyl/N-ethyl adjacent to an activating group) is 1. The third kappa shape index (κ3) is 4.58. The molecule has 0 saturated heterocycles. The maximum Gasteiger partial charge on any atom is 0.229 e. The summed E-state index contributed by atoms with van der Waals surface area (Å²) in [4.78, 5) is 19.1. The van der Waals surface area contributed by atoms with Crippen molar-refractivity contribution in [2.45, 2.75) is 19.5 Å². The molecule has 1 amide bonds. The minimum atomic E-state index is -0.342. The van der Waals surface area contributed by atoms with Crippen molar-refractivity contribution < 1.29 is 13.6 Å². The lowest BCUT2D eigenvalue weighted by atomic mass is 9.98. The number of nitrogens with zero attached hydrogens (tertiary/aromatic N) is 4. The van der Waals surface area contributed by atoms with Crippen molar-refractivity contribution in [1.82, 2.24) is 19.7 Å². The lowest BCUT2D eigenvalue weighted by molar-refractivity contribution is -0.115. The summed E-state index contributed by atoms with van der Waals surface area (Å²) in [6, 6.07) is 15.8. The predicted octanol–water partition coefficient (Wildman–Crippen LogP) is 4.52. The third-order valence-corrected chi connectivity index (χ3v) is 5.88. The van der Waals surface area contributed by atoms with Gasteiger partial charge in [0.2, 0.25) is 5.91 Å². The number of nitrogens with one attached hydrogen (secondary N) is 1. The van der Waals surface area contributed by atoms with Gasteiger partial charge in [-0.15, -0.1) is 0 Å². The molecule has 1 aliphatic rings. The molecule has 172 valence electrons. The van der Waals surface area contributed by atoms with E-state index in [1.54, 1.807) is 30.5 Å². The Kier molecular flexibility index (Phi) is 5.90. The maximum absolute atomic E-state index is 13.6. The number of pyridine rings is 1. The second-order valence-electron chi connectivity index (χ2n) is 8.42. The van der Waals surface area contributed by atoms with Gasteiger partial charge in [-0.25, -0.2) is 13.8 Å². The largest absolute Gasteiger partial charge is 0.310 e. The van der Waals surface area contributed by atoms with Gasteiger partial charge < -0.3 is 5.32 Å². The first kappa shape index (κ1) is 21.9. The predicted molar refractivity (Wildman–Crippen MR) is 126 cm³/mol. The molecule has 3 heterocycles. The average Bonchev–Trinajstić information content (AvgIpc) is 3.20. The van der Waals surface area contributed by atoms with E-state index in [4.69, 9.17) is 5.10 Å². The Morgan fingerprint density at radius 3 is 2.41 bits per heavy atom. The fourth-order valence-electron chi connectivity index (χ4n) is 4.18. The fourth-order valence-corrected chi connectivity index (χ4v) is 4.18. The summed E-state index contributed by atoms with van der Waals surface area (Å²) >= 11 is 0. The molecule has 6 nitrogen and oxygen atoms in total. The molecule has 4 aromatic rings. The number of halogens is 2. The molecular formula is C26H23F2N5O. The van der Waals surface area contributed by atoms with Crippen LogP contribution < -0.4 is 5.32 Å². The number of benzene rings is 2. The second kappa shape index (κ2) is 9.15. The Hall–Kier alpha value is -3.91. The van der Waals surface area contributed by atoms with Crippen LogP contribution in [0.1, 0.15) is 11.3 Å². The zero-order valence-corrected chi connectivity index (χ0v) is 18.6. The molecule has 8 heteroatoms. The highest BCUT2D eigenvalue weighted by Crippen LogP contribution is 2.37. The van der Waals surface area contributed by atoms with Crippen LogP contribution in [0.5, 0.6) is 0 Å². The van der Waals surface area contributed by atoms with Crippen LogP contribution in [0.3, 0.4) is 0 Å². The van der Waals surface area contributed by atoms with E-state index in [2.05, 4.69) is 22.2 Å². The van der Waals surface area contributed by atoms with Gasteiger partial charge in [0.25, 0.3) is 0 Å². The van der Waals surface area contributed by atoms with E-state index >= 15 is 0 Å². The summed E-state index contributed by atoms with van der Waals surface area (Å²) in [5.41, 5.74) is 5.16. The Balaban J connectivity index is 1.48.